The number of nitrogens with zero attached hydrogens (tertiary/aromatic N) is 4. The molecule has 2 aromatic carbocycles. The number of fused-ring (bicyclic) bond motifs is 1. The van der Waals surface area contributed by atoms with E-state index in [2.05, 4.69) is 15.0 Å². The number of hydrogen-bond donors (Lipinski definition) is 1. The second-order valence-corrected chi connectivity index (χ2v) is 9.00. The predicted octanol–water partition coefficient (Wildman–Crippen LogP) is 5.16. The van der Waals surface area contributed by atoms with E-state index in [9.17, 15) is 9.90 Å². The summed E-state index contributed by atoms with van der Waals surface area (Å²) in [5.41, 5.74) is 3.91. The van der Waals surface area contributed by atoms with Crippen LogP contribution in [-0.2, 0) is 24.3 Å². The van der Waals surface area contributed by atoms with Gasteiger partial charge in [0, 0.05) is 43.5 Å². The third-order valence-electron chi connectivity index (χ3n) is 6.48. The van der Waals surface area contributed by atoms with Crippen molar-refractivity contribution >= 4 is 17.0 Å². The molecule has 0 aliphatic carbocycles. The lowest BCUT2D eigenvalue weighted by molar-refractivity contribution is 0.0697. The summed E-state index contributed by atoms with van der Waals surface area (Å²) in [5, 5.41) is 9.41. The van der Waals surface area contributed by atoms with E-state index >= 15 is 4.39 Å². The van der Waals surface area contributed by atoms with Gasteiger partial charge in [0.05, 0.1) is 42.2 Å². The second-order valence-electron chi connectivity index (χ2n) is 9.00. The first-order valence-corrected chi connectivity index (χ1v) is 12.5. The average molecular weight is 543 g/mol. The van der Waals surface area contributed by atoms with Gasteiger partial charge in [0.25, 0.3) is 0 Å². The highest BCUT2D eigenvalue weighted by Gasteiger charge is 2.16. The van der Waals surface area contributed by atoms with E-state index in [1.54, 1.807) is 69.1 Å². The molecule has 0 bridgehead atoms. The summed E-state index contributed by atoms with van der Waals surface area (Å²) in [4.78, 5) is 24.7. The maximum Gasteiger partial charge on any atom is 0.335 e. The molecule has 0 spiro atoms. The highest BCUT2D eigenvalue weighted by Crippen LogP contribution is 2.26. The standard InChI is InChI=1S/C30H27FN4O5/c1-38-13-12-35-26-15-21(30(36)37)8-9-25(26)33-28(35)16-19-6-7-20(14-23(19)31)24-4-3-5-29(34-24)40-18-22-10-11-32-17-27(22)39-2/h3-11,14-15,17H,12-13,16,18H2,1-2H3,(H,36,37). The number of hydrogen-bond acceptors (Lipinski definition) is 7. The first kappa shape index (κ1) is 26.8. The summed E-state index contributed by atoms with van der Waals surface area (Å²) in [5.74, 6) is 0.206. The highest BCUT2D eigenvalue weighted by molar-refractivity contribution is 5.92. The SMILES string of the molecule is COCCn1c(Cc2ccc(-c3cccc(OCc4ccncc4OC)n3)cc2F)nc2ccc(C(=O)O)cc21. The fourth-order valence-electron chi connectivity index (χ4n) is 4.41. The number of carbonyl (C=O) groups is 1. The molecule has 204 valence electrons. The van der Waals surface area contributed by atoms with Gasteiger partial charge in [-0.2, -0.15) is 0 Å². The summed E-state index contributed by atoms with van der Waals surface area (Å²) < 4.78 is 33.6. The first-order chi connectivity index (χ1) is 19.5. The number of carboxylic acids is 1. The van der Waals surface area contributed by atoms with Crippen molar-refractivity contribution in [3.05, 3.63) is 101 Å². The van der Waals surface area contributed by atoms with Crippen LogP contribution in [0.5, 0.6) is 11.6 Å². The molecule has 9 nitrogen and oxygen atoms in total. The van der Waals surface area contributed by atoms with Gasteiger partial charge in [0.1, 0.15) is 24.0 Å². The van der Waals surface area contributed by atoms with Gasteiger partial charge >= 0.3 is 5.97 Å². The van der Waals surface area contributed by atoms with Crippen LogP contribution in [0, 0.1) is 5.82 Å². The minimum Gasteiger partial charge on any atom is -0.495 e. The zero-order valence-corrected chi connectivity index (χ0v) is 22.0. The number of methoxy groups -OCH3 is 2. The lowest BCUT2D eigenvalue weighted by Gasteiger charge is -2.11. The van der Waals surface area contributed by atoms with Gasteiger partial charge in [-0.05, 0) is 42.0 Å². The number of halogens is 1. The third kappa shape index (κ3) is 5.76. The van der Waals surface area contributed by atoms with Gasteiger partial charge in [-0.25, -0.2) is 19.2 Å². The lowest BCUT2D eigenvalue weighted by atomic mass is 10.1. The molecule has 10 heteroatoms. The van der Waals surface area contributed by atoms with Gasteiger partial charge in [0.15, 0.2) is 0 Å². The van der Waals surface area contributed by atoms with Crippen LogP contribution in [0.3, 0.4) is 0 Å². The van der Waals surface area contributed by atoms with Crippen LogP contribution in [0.2, 0.25) is 0 Å². The molecule has 0 atom stereocenters. The Kier molecular flexibility index (Phi) is 7.97. The summed E-state index contributed by atoms with van der Waals surface area (Å²) in [6.45, 7) is 1.09. The number of pyridine rings is 2. The fourth-order valence-corrected chi connectivity index (χ4v) is 4.41. The Labute approximate surface area is 229 Å². The summed E-state index contributed by atoms with van der Waals surface area (Å²) in [7, 11) is 3.16. The molecule has 0 radical (unpaired) electrons. The first-order valence-electron chi connectivity index (χ1n) is 12.5. The van der Waals surface area contributed by atoms with E-state index in [-0.39, 0.29) is 18.6 Å². The van der Waals surface area contributed by atoms with Crippen molar-refractivity contribution in [3.63, 3.8) is 0 Å². The van der Waals surface area contributed by atoms with Crippen LogP contribution in [-0.4, -0.2) is 51.4 Å². The van der Waals surface area contributed by atoms with E-state index in [4.69, 9.17) is 14.2 Å². The Balaban J connectivity index is 1.38. The number of rotatable bonds is 11. The Morgan fingerprint density at radius 2 is 1.90 bits per heavy atom. The molecule has 1 N–H and O–H groups in total. The van der Waals surface area contributed by atoms with E-state index < -0.39 is 11.8 Å². The van der Waals surface area contributed by atoms with Crippen LogP contribution in [0.15, 0.2) is 73.1 Å². The number of benzene rings is 2. The van der Waals surface area contributed by atoms with Crippen molar-refractivity contribution in [2.24, 2.45) is 0 Å². The largest absolute Gasteiger partial charge is 0.495 e. The zero-order chi connectivity index (χ0) is 28.1. The van der Waals surface area contributed by atoms with Crippen molar-refractivity contribution < 1.29 is 28.5 Å². The molecule has 40 heavy (non-hydrogen) atoms. The van der Waals surface area contributed by atoms with Crippen LogP contribution in [0.1, 0.15) is 27.3 Å². The topological polar surface area (TPSA) is 109 Å². The fraction of sp³-hybridized carbons (Fsp3) is 0.200. The van der Waals surface area contributed by atoms with Gasteiger partial charge in [-0.1, -0.05) is 18.2 Å². The molecule has 3 aromatic heterocycles. The molecule has 5 aromatic rings. The van der Waals surface area contributed by atoms with Crippen LogP contribution < -0.4 is 9.47 Å². The lowest BCUT2D eigenvalue weighted by Crippen LogP contribution is -2.10. The van der Waals surface area contributed by atoms with Crippen LogP contribution in [0.25, 0.3) is 22.3 Å². The maximum absolute atomic E-state index is 15.4. The summed E-state index contributed by atoms with van der Waals surface area (Å²) in [6, 6.07) is 16.9. The summed E-state index contributed by atoms with van der Waals surface area (Å²) in [6.07, 6.45) is 3.50. The normalized spacial score (nSPS) is 11.1. The molecular formula is C30H27FN4O5. The molecular weight excluding hydrogens is 515 g/mol. The Bertz CT molecular complexity index is 1670. The van der Waals surface area contributed by atoms with E-state index in [0.717, 1.165) is 5.56 Å². The smallest absolute Gasteiger partial charge is 0.335 e. The van der Waals surface area contributed by atoms with Gasteiger partial charge < -0.3 is 23.9 Å². The number of aromatic carboxylic acids is 1. The maximum atomic E-state index is 15.4. The van der Waals surface area contributed by atoms with Crippen molar-refractivity contribution in [3.8, 4) is 22.9 Å². The molecule has 5 rings (SSSR count). The monoisotopic (exact) mass is 542 g/mol. The molecule has 0 unspecified atom stereocenters. The predicted molar refractivity (Wildman–Crippen MR) is 146 cm³/mol. The average Bonchev–Trinajstić information content (AvgIpc) is 3.32. The van der Waals surface area contributed by atoms with E-state index in [1.807, 2.05) is 10.6 Å². The van der Waals surface area contributed by atoms with Crippen molar-refractivity contribution in [1.29, 1.82) is 0 Å². The van der Waals surface area contributed by atoms with Gasteiger partial charge in [-0.15, -0.1) is 0 Å². The number of ether oxygens (including phenoxy) is 3. The van der Waals surface area contributed by atoms with Crippen LogP contribution in [0.4, 0.5) is 4.39 Å². The molecule has 0 aliphatic heterocycles. The molecule has 0 aliphatic rings. The molecule has 3 heterocycles. The number of aromatic nitrogens is 4. The van der Waals surface area contributed by atoms with Crippen molar-refractivity contribution in [2.45, 2.75) is 19.6 Å². The van der Waals surface area contributed by atoms with Gasteiger partial charge in [-0.3, -0.25) is 4.98 Å². The number of carboxylic acid groups (broad SMARTS) is 1. The molecule has 0 saturated heterocycles. The van der Waals surface area contributed by atoms with Crippen LogP contribution >= 0.6 is 0 Å². The zero-order valence-electron chi connectivity index (χ0n) is 22.0. The van der Waals surface area contributed by atoms with Crippen molar-refractivity contribution in [1.82, 2.24) is 19.5 Å². The number of imidazole rings is 1. The summed E-state index contributed by atoms with van der Waals surface area (Å²) >= 11 is 0. The molecule has 0 amide bonds. The molecule has 0 saturated carbocycles. The Morgan fingerprint density at radius 3 is 2.67 bits per heavy atom. The van der Waals surface area contributed by atoms with Gasteiger partial charge in [0.2, 0.25) is 5.88 Å². The van der Waals surface area contributed by atoms with E-state index in [1.165, 1.54) is 12.1 Å². The Morgan fingerprint density at radius 1 is 1.02 bits per heavy atom. The minimum atomic E-state index is -1.02. The highest BCUT2D eigenvalue weighted by atomic mass is 19.1. The van der Waals surface area contributed by atoms with E-state index in [0.29, 0.717) is 58.5 Å². The second kappa shape index (κ2) is 11.9. The minimum absolute atomic E-state index is 0.159. The Hall–Kier alpha value is -4.83. The quantitative estimate of drug-likeness (QED) is 0.244. The van der Waals surface area contributed by atoms with Crippen molar-refractivity contribution in [2.75, 3.05) is 20.8 Å². The third-order valence-corrected chi connectivity index (χ3v) is 6.48. The molecule has 0 fully saturated rings.